The lowest BCUT2D eigenvalue weighted by atomic mass is 10.0. The highest BCUT2D eigenvalue weighted by atomic mass is 19.1. The van der Waals surface area contributed by atoms with Crippen molar-refractivity contribution in [2.75, 3.05) is 6.61 Å². The molecule has 3 rings (SSSR count). The maximum Gasteiger partial charge on any atom is 0.132 e. The van der Waals surface area contributed by atoms with E-state index in [0.29, 0.717) is 11.3 Å². The molecule has 0 bridgehead atoms. The number of benzene rings is 2. The predicted octanol–water partition coefficient (Wildman–Crippen LogP) is 7.47. The molecular weight excluding hydrogens is 361 g/mol. The molecule has 0 unspecified atom stereocenters. The van der Waals surface area contributed by atoms with Gasteiger partial charge in [-0.15, -0.1) is 0 Å². The van der Waals surface area contributed by atoms with Crippen LogP contribution < -0.4 is 4.74 Å². The van der Waals surface area contributed by atoms with Crippen LogP contribution in [0.4, 0.5) is 4.39 Å². The van der Waals surface area contributed by atoms with Crippen LogP contribution in [-0.2, 0) is 6.42 Å². The third-order valence-corrected chi connectivity index (χ3v) is 5.07. The maximum atomic E-state index is 14.4. The smallest absolute Gasteiger partial charge is 0.132 e. The molecule has 0 N–H and O–H groups in total. The van der Waals surface area contributed by atoms with E-state index < -0.39 is 0 Å². The highest BCUT2D eigenvalue weighted by molar-refractivity contribution is 5.67. The van der Waals surface area contributed by atoms with E-state index in [4.69, 9.17) is 4.74 Å². The van der Waals surface area contributed by atoms with Gasteiger partial charge in [-0.25, -0.2) is 4.39 Å². The number of pyridine rings is 1. The van der Waals surface area contributed by atoms with Crippen molar-refractivity contribution in [3.63, 3.8) is 0 Å². The zero-order chi connectivity index (χ0) is 20.5. The van der Waals surface area contributed by atoms with Gasteiger partial charge in [-0.2, -0.15) is 0 Å². The lowest BCUT2D eigenvalue weighted by Gasteiger charge is -2.09. The number of hydrogen-bond acceptors (Lipinski definition) is 2. The first-order chi connectivity index (χ1) is 14.2. The summed E-state index contributed by atoms with van der Waals surface area (Å²) in [6.45, 7) is 5.07. The molecule has 1 aromatic heterocycles. The molecule has 0 amide bonds. The fraction of sp³-hybridized carbons (Fsp3) is 0.346. The first-order valence-electron chi connectivity index (χ1n) is 10.7. The zero-order valence-electron chi connectivity index (χ0n) is 17.5. The van der Waals surface area contributed by atoms with Crippen molar-refractivity contribution in [1.82, 2.24) is 4.98 Å². The Morgan fingerprint density at radius 1 is 0.828 bits per heavy atom. The monoisotopic (exact) mass is 391 g/mol. The van der Waals surface area contributed by atoms with Gasteiger partial charge in [0.1, 0.15) is 11.6 Å². The van der Waals surface area contributed by atoms with Gasteiger partial charge in [-0.05, 0) is 54.3 Å². The van der Waals surface area contributed by atoms with Crippen molar-refractivity contribution >= 4 is 0 Å². The first-order valence-corrected chi connectivity index (χ1v) is 10.7. The topological polar surface area (TPSA) is 22.1 Å². The van der Waals surface area contributed by atoms with Gasteiger partial charge in [0, 0.05) is 17.3 Å². The minimum atomic E-state index is -0.211. The van der Waals surface area contributed by atoms with E-state index in [9.17, 15) is 4.39 Å². The summed E-state index contributed by atoms with van der Waals surface area (Å²) in [5, 5.41) is 0. The molecule has 29 heavy (non-hydrogen) atoms. The van der Waals surface area contributed by atoms with E-state index in [1.165, 1.54) is 19.3 Å². The number of ether oxygens (including phenoxy) is 1. The van der Waals surface area contributed by atoms with E-state index in [-0.39, 0.29) is 5.82 Å². The van der Waals surface area contributed by atoms with Crippen LogP contribution in [0.1, 0.15) is 51.5 Å². The van der Waals surface area contributed by atoms with Crippen LogP contribution in [0, 0.1) is 5.82 Å². The quantitative estimate of drug-likeness (QED) is 0.334. The lowest BCUT2D eigenvalue weighted by Crippen LogP contribution is -1.97. The lowest BCUT2D eigenvalue weighted by molar-refractivity contribution is 0.305. The second-order valence-electron chi connectivity index (χ2n) is 7.43. The SMILES string of the molecule is CCCCCCOc1ccc(-c2ccc(-c3ccc(CCC)cc3F)nc2)cc1. The van der Waals surface area contributed by atoms with E-state index in [2.05, 4.69) is 18.8 Å². The summed E-state index contributed by atoms with van der Waals surface area (Å²) < 4.78 is 20.2. The minimum absolute atomic E-state index is 0.211. The van der Waals surface area contributed by atoms with E-state index in [1.807, 2.05) is 48.5 Å². The van der Waals surface area contributed by atoms with Crippen LogP contribution in [0.15, 0.2) is 60.8 Å². The van der Waals surface area contributed by atoms with Crippen molar-refractivity contribution in [3.8, 4) is 28.1 Å². The molecule has 0 aliphatic carbocycles. The number of nitrogens with zero attached hydrogens (tertiary/aromatic N) is 1. The Kier molecular flexibility index (Phi) is 7.80. The van der Waals surface area contributed by atoms with Gasteiger partial charge in [-0.3, -0.25) is 4.98 Å². The van der Waals surface area contributed by atoms with E-state index in [1.54, 1.807) is 12.3 Å². The van der Waals surface area contributed by atoms with Gasteiger partial charge >= 0.3 is 0 Å². The molecule has 0 aliphatic rings. The molecule has 3 aromatic rings. The summed E-state index contributed by atoms with van der Waals surface area (Å²) >= 11 is 0. The molecule has 2 aromatic carbocycles. The second-order valence-corrected chi connectivity index (χ2v) is 7.43. The van der Waals surface area contributed by atoms with Gasteiger partial charge in [-0.1, -0.05) is 63.8 Å². The Bertz CT molecular complexity index is 888. The Hall–Kier alpha value is -2.68. The molecule has 0 spiro atoms. The van der Waals surface area contributed by atoms with Crippen LogP contribution in [0.5, 0.6) is 5.75 Å². The van der Waals surface area contributed by atoms with Gasteiger partial charge in [0.15, 0.2) is 0 Å². The molecule has 2 nitrogen and oxygen atoms in total. The molecule has 152 valence electrons. The molecule has 1 heterocycles. The van der Waals surface area contributed by atoms with Gasteiger partial charge in [0.05, 0.1) is 12.3 Å². The fourth-order valence-corrected chi connectivity index (χ4v) is 3.40. The molecule has 0 radical (unpaired) electrons. The van der Waals surface area contributed by atoms with Crippen molar-refractivity contribution in [1.29, 1.82) is 0 Å². The molecule has 0 aliphatic heterocycles. The van der Waals surface area contributed by atoms with Crippen LogP contribution in [-0.4, -0.2) is 11.6 Å². The van der Waals surface area contributed by atoms with Crippen molar-refractivity contribution in [3.05, 3.63) is 72.2 Å². The highest BCUT2D eigenvalue weighted by Crippen LogP contribution is 2.26. The Balaban J connectivity index is 1.64. The highest BCUT2D eigenvalue weighted by Gasteiger charge is 2.08. The summed E-state index contributed by atoms with van der Waals surface area (Å²) in [7, 11) is 0. The number of aryl methyl sites for hydroxylation is 1. The van der Waals surface area contributed by atoms with Gasteiger partial charge < -0.3 is 4.74 Å². The Morgan fingerprint density at radius 2 is 1.62 bits per heavy atom. The number of rotatable bonds is 10. The van der Waals surface area contributed by atoms with Crippen LogP contribution >= 0.6 is 0 Å². The third-order valence-electron chi connectivity index (χ3n) is 5.07. The Labute approximate surface area is 173 Å². The summed E-state index contributed by atoms with van der Waals surface area (Å²) in [6, 6.07) is 17.4. The Morgan fingerprint density at radius 3 is 2.28 bits per heavy atom. The van der Waals surface area contributed by atoms with Gasteiger partial charge in [0.25, 0.3) is 0 Å². The fourth-order valence-electron chi connectivity index (χ4n) is 3.40. The van der Waals surface area contributed by atoms with Crippen molar-refractivity contribution in [2.45, 2.75) is 52.4 Å². The molecule has 0 fully saturated rings. The zero-order valence-corrected chi connectivity index (χ0v) is 17.5. The largest absolute Gasteiger partial charge is 0.494 e. The van der Waals surface area contributed by atoms with Crippen LogP contribution in [0.25, 0.3) is 22.4 Å². The van der Waals surface area contributed by atoms with Crippen LogP contribution in [0.3, 0.4) is 0 Å². The molecule has 0 saturated heterocycles. The van der Waals surface area contributed by atoms with Crippen molar-refractivity contribution < 1.29 is 9.13 Å². The average Bonchev–Trinajstić information content (AvgIpc) is 2.75. The molecular formula is C26H30FNO. The standard InChI is InChI=1S/C26H30FNO/c1-3-5-6-7-17-29-23-13-10-21(11-14-23)22-12-16-26(28-19-22)24-15-9-20(8-4-2)18-25(24)27/h9-16,18-19H,3-8,17H2,1-2H3. The maximum absolute atomic E-state index is 14.4. The van der Waals surface area contributed by atoms with E-state index in [0.717, 1.165) is 48.3 Å². The summed E-state index contributed by atoms with van der Waals surface area (Å²) in [6.07, 6.45) is 8.51. The number of unbranched alkanes of at least 4 members (excludes halogenated alkanes) is 3. The first kappa shape index (κ1) is 21.0. The summed E-state index contributed by atoms with van der Waals surface area (Å²) in [5.41, 5.74) is 4.30. The normalized spacial score (nSPS) is 10.9. The minimum Gasteiger partial charge on any atom is -0.494 e. The summed E-state index contributed by atoms with van der Waals surface area (Å²) in [5.74, 6) is 0.681. The number of hydrogen-bond donors (Lipinski definition) is 0. The molecule has 3 heteroatoms. The number of aromatic nitrogens is 1. The number of halogens is 1. The molecule has 0 saturated carbocycles. The van der Waals surface area contributed by atoms with Gasteiger partial charge in [0.2, 0.25) is 0 Å². The average molecular weight is 392 g/mol. The second kappa shape index (κ2) is 10.8. The summed E-state index contributed by atoms with van der Waals surface area (Å²) in [4.78, 5) is 4.49. The van der Waals surface area contributed by atoms with Crippen molar-refractivity contribution in [2.24, 2.45) is 0 Å². The third kappa shape index (κ3) is 5.90. The predicted molar refractivity (Wildman–Crippen MR) is 119 cm³/mol. The van der Waals surface area contributed by atoms with E-state index >= 15 is 0 Å². The van der Waals surface area contributed by atoms with Crippen LogP contribution in [0.2, 0.25) is 0 Å². The molecule has 0 atom stereocenters.